The Kier molecular flexibility index (Phi) is 4.88. The summed E-state index contributed by atoms with van der Waals surface area (Å²) in [4.78, 5) is 0.248. The number of benzene rings is 1. The van der Waals surface area contributed by atoms with Crippen LogP contribution in [0.2, 0.25) is 0 Å². The van der Waals surface area contributed by atoms with E-state index >= 15 is 0 Å². The summed E-state index contributed by atoms with van der Waals surface area (Å²) in [6.45, 7) is 4.32. The maximum atomic E-state index is 13.4. The summed E-state index contributed by atoms with van der Waals surface area (Å²) in [5.41, 5.74) is 7.01. The normalized spacial score (nSPS) is 28.5. The van der Waals surface area contributed by atoms with Crippen molar-refractivity contribution in [2.75, 3.05) is 13.1 Å². The van der Waals surface area contributed by atoms with Crippen molar-refractivity contribution in [3.05, 3.63) is 29.1 Å². The van der Waals surface area contributed by atoms with Gasteiger partial charge in [-0.25, -0.2) is 12.8 Å². The first-order valence-electron chi connectivity index (χ1n) is 7.33. The van der Waals surface area contributed by atoms with Crippen LogP contribution >= 0.6 is 12.4 Å². The van der Waals surface area contributed by atoms with Crippen molar-refractivity contribution in [2.24, 2.45) is 17.6 Å². The van der Waals surface area contributed by atoms with Crippen LogP contribution in [0.1, 0.15) is 24.0 Å². The van der Waals surface area contributed by atoms with Crippen LogP contribution in [-0.2, 0) is 10.0 Å². The smallest absolute Gasteiger partial charge is 0.243 e. The quantitative estimate of drug-likeness (QED) is 0.891. The van der Waals surface area contributed by atoms with Gasteiger partial charge in [0.25, 0.3) is 0 Å². The zero-order chi connectivity index (χ0) is 15.4. The van der Waals surface area contributed by atoms with Crippen LogP contribution in [0.3, 0.4) is 0 Å². The van der Waals surface area contributed by atoms with E-state index in [1.54, 1.807) is 13.8 Å². The zero-order valence-electron chi connectivity index (χ0n) is 12.8. The minimum atomic E-state index is -3.57. The van der Waals surface area contributed by atoms with E-state index in [1.807, 2.05) is 0 Å². The molecule has 3 atom stereocenters. The third kappa shape index (κ3) is 2.77. The molecule has 22 heavy (non-hydrogen) atoms. The summed E-state index contributed by atoms with van der Waals surface area (Å²) >= 11 is 0. The van der Waals surface area contributed by atoms with Crippen LogP contribution in [0.4, 0.5) is 4.39 Å². The minimum absolute atomic E-state index is 0. The Labute approximate surface area is 137 Å². The molecule has 4 nitrogen and oxygen atoms in total. The molecule has 3 unspecified atom stereocenters. The summed E-state index contributed by atoms with van der Waals surface area (Å²) in [6.07, 6.45) is 1.98. The molecule has 0 bridgehead atoms. The van der Waals surface area contributed by atoms with E-state index in [-0.39, 0.29) is 29.3 Å². The lowest BCUT2D eigenvalue weighted by molar-refractivity contribution is 0.426. The highest BCUT2D eigenvalue weighted by molar-refractivity contribution is 7.89. The standard InChI is InChI=1S/C15H21FN2O2S.ClH/c1-9-5-12(16)6-10(2)15(9)21(19,20)18-7-11-3-4-14(17)13(11)8-18;/h5-6,11,13-14H,3-4,7-8,17H2,1-2H3;1H. The number of sulfonamides is 1. The second kappa shape index (κ2) is 6.07. The third-order valence-corrected chi connectivity index (χ3v) is 7.04. The first kappa shape index (κ1) is 17.7. The molecule has 1 aliphatic carbocycles. The Morgan fingerprint density at radius 1 is 1.18 bits per heavy atom. The van der Waals surface area contributed by atoms with Gasteiger partial charge in [0, 0.05) is 19.1 Å². The van der Waals surface area contributed by atoms with Crippen molar-refractivity contribution in [3.8, 4) is 0 Å². The molecule has 2 N–H and O–H groups in total. The number of fused-ring (bicyclic) bond motifs is 1. The van der Waals surface area contributed by atoms with Gasteiger partial charge in [-0.15, -0.1) is 12.4 Å². The molecular formula is C15H22ClFN2O2S. The van der Waals surface area contributed by atoms with E-state index in [0.717, 1.165) is 12.8 Å². The molecule has 1 aromatic rings. The molecule has 0 amide bonds. The lowest BCUT2D eigenvalue weighted by atomic mass is 9.98. The fourth-order valence-electron chi connectivity index (χ4n) is 3.90. The molecule has 124 valence electrons. The minimum Gasteiger partial charge on any atom is -0.327 e. The monoisotopic (exact) mass is 348 g/mol. The largest absolute Gasteiger partial charge is 0.327 e. The SMILES string of the molecule is Cc1cc(F)cc(C)c1S(=O)(=O)N1CC2CCC(N)C2C1.Cl. The average molecular weight is 349 g/mol. The van der Waals surface area contributed by atoms with Crippen LogP contribution in [0.25, 0.3) is 0 Å². The lowest BCUT2D eigenvalue weighted by Gasteiger charge is -2.21. The number of nitrogens with two attached hydrogens (primary N) is 1. The van der Waals surface area contributed by atoms with Gasteiger partial charge in [-0.1, -0.05) is 0 Å². The highest BCUT2D eigenvalue weighted by atomic mass is 35.5. The summed E-state index contributed by atoms with van der Waals surface area (Å²) in [5, 5.41) is 0. The highest BCUT2D eigenvalue weighted by Gasteiger charge is 2.45. The van der Waals surface area contributed by atoms with Gasteiger partial charge in [-0.2, -0.15) is 4.31 Å². The van der Waals surface area contributed by atoms with Crippen LogP contribution in [-0.4, -0.2) is 31.9 Å². The molecule has 1 aromatic carbocycles. The molecule has 0 spiro atoms. The highest BCUT2D eigenvalue weighted by Crippen LogP contribution is 2.40. The molecule has 0 radical (unpaired) electrons. The van der Waals surface area contributed by atoms with E-state index in [4.69, 9.17) is 5.73 Å². The van der Waals surface area contributed by atoms with Crippen LogP contribution < -0.4 is 5.73 Å². The molecule has 1 saturated carbocycles. The van der Waals surface area contributed by atoms with Gasteiger partial charge >= 0.3 is 0 Å². The number of aryl methyl sites for hydroxylation is 2. The van der Waals surface area contributed by atoms with Crippen molar-refractivity contribution >= 4 is 22.4 Å². The van der Waals surface area contributed by atoms with Crippen LogP contribution in [0.15, 0.2) is 17.0 Å². The number of rotatable bonds is 2. The second-order valence-corrected chi connectivity index (χ2v) is 8.23. The zero-order valence-corrected chi connectivity index (χ0v) is 14.4. The van der Waals surface area contributed by atoms with Crippen molar-refractivity contribution in [1.82, 2.24) is 4.31 Å². The Morgan fingerprint density at radius 3 is 2.32 bits per heavy atom. The first-order chi connectivity index (χ1) is 9.80. The van der Waals surface area contributed by atoms with E-state index in [2.05, 4.69) is 0 Å². The van der Waals surface area contributed by atoms with Gasteiger partial charge in [0.15, 0.2) is 0 Å². The average Bonchev–Trinajstić information content (AvgIpc) is 2.90. The second-order valence-electron chi connectivity index (χ2n) is 6.36. The van der Waals surface area contributed by atoms with Gasteiger partial charge < -0.3 is 5.73 Å². The predicted molar refractivity (Wildman–Crippen MR) is 86.1 cm³/mol. The lowest BCUT2D eigenvalue weighted by Crippen LogP contribution is -2.34. The predicted octanol–water partition coefficient (Wildman–Crippen LogP) is 2.22. The molecule has 3 rings (SSSR count). The number of halogens is 2. The third-order valence-electron chi connectivity index (χ3n) is 4.90. The Hall–Kier alpha value is -0.690. The fraction of sp³-hybridized carbons (Fsp3) is 0.600. The summed E-state index contributed by atoms with van der Waals surface area (Å²) in [7, 11) is -3.57. The van der Waals surface area contributed by atoms with E-state index < -0.39 is 15.8 Å². The van der Waals surface area contributed by atoms with Gasteiger partial charge in [-0.05, 0) is 61.8 Å². The summed E-state index contributed by atoms with van der Waals surface area (Å²) < 4.78 is 40.7. The van der Waals surface area contributed by atoms with E-state index in [9.17, 15) is 12.8 Å². The maximum absolute atomic E-state index is 13.4. The Morgan fingerprint density at radius 2 is 1.77 bits per heavy atom. The topological polar surface area (TPSA) is 63.4 Å². The molecule has 0 aromatic heterocycles. The Bertz CT molecular complexity index is 657. The summed E-state index contributed by atoms with van der Waals surface area (Å²) in [5.74, 6) is 0.237. The van der Waals surface area contributed by atoms with E-state index in [1.165, 1.54) is 16.4 Å². The molecule has 1 aliphatic heterocycles. The van der Waals surface area contributed by atoms with Crippen molar-refractivity contribution in [2.45, 2.75) is 37.6 Å². The van der Waals surface area contributed by atoms with Crippen LogP contribution in [0, 0.1) is 31.5 Å². The van der Waals surface area contributed by atoms with Crippen LogP contribution in [0.5, 0.6) is 0 Å². The number of hydrogen-bond acceptors (Lipinski definition) is 3. The number of nitrogens with zero attached hydrogens (tertiary/aromatic N) is 1. The summed E-state index contributed by atoms with van der Waals surface area (Å²) in [6, 6.07) is 2.66. The molecule has 7 heteroatoms. The number of hydrogen-bond donors (Lipinski definition) is 1. The fourth-order valence-corrected chi connectivity index (χ4v) is 5.84. The molecule has 1 heterocycles. The first-order valence-corrected chi connectivity index (χ1v) is 8.77. The van der Waals surface area contributed by atoms with Crippen molar-refractivity contribution < 1.29 is 12.8 Å². The van der Waals surface area contributed by atoms with Gasteiger partial charge in [0.05, 0.1) is 4.90 Å². The Balaban J connectivity index is 0.00000176. The molecule has 1 saturated heterocycles. The molecule has 2 aliphatic rings. The molecule has 2 fully saturated rings. The molecular weight excluding hydrogens is 327 g/mol. The van der Waals surface area contributed by atoms with Gasteiger partial charge in [0.1, 0.15) is 5.82 Å². The van der Waals surface area contributed by atoms with Gasteiger partial charge in [0.2, 0.25) is 10.0 Å². The van der Waals surface area contributed by atoms with Gasteiger partial charge in [-0.3, -0.25) is 0 Å². The van der Waals surface area contributed by atoms with Crippen molar-refractivity contribution in [1.29, 1.82) is 0 Å². The maximum Gasteiger partial charge on any atom is 0.243 e. The van der Waals surface area contributed by atoms with E-state index in [0.29, 0.717) is 30.1 Å². The van der Waals surface area contributed by atoms with Crippen molar-refractivity contribution in [3.63, 3.8) is 0 Å².